The first-order valence-corrected chi connectivity index (χ1v) is 12.4. The first kappa shape index (κ1) is 22.1. The van der Waals surface area contributed by atoms with E-state index in [1.54, 1.807) is 6.07 Å². The van der Waals surface area contributed by atoms with Crippen LogP contribution < -0.4 is 5.32 Å². The molecule has 3 aliphatic rings. The van der Waals surface area contributed by atoms with Crippen molar-refractivity contribution in [2.45, 2.75) is 41.8 Å². The average molecular weight is 563 g/mol. The van der Waals surface area contributed by atoms with E-state index in [1.807, 2.05) is 0 Å². The van der Waals surface area contributed by atoms with Crippen LogP contribution >= 0.6 is 43.5 Å². The molecule has 9 heteroatoms. The molecule has 6 atom stereocenters. The third-order valence-electron chi connectivity index (χ3n) is 6.60. The number of phenols is 1. The van der Waals surface area contributed by atoms with E-state index in [4.69, 9.17) is 11.6 Å². The lowest BCUT2D eigenvalue weighted by molar-refractivity contribution is -0.140. The van der Waals surface area contributed by atoms with Crippen molar-refractivity contribution in [1.29, 1.82) is 0 Å². The van der Waals surface area contributed by atoms with Gasteiger partial charge in [-0.25, -0.2) is 0 Å². The predicted octanol–water partition coefficient (Wildman–Crippen LogP) is 4.32. The van der Waals surface area contributed by atoms with E-state index in [0.717, 1.165) is 12.8 Å². The summed E-state index contributed by atoms with van der Waals surface area (Å²) in [4.78, 5) is 39.7. The number of phenolic OH excluding ortho intramolecular Hbond substituents is 1. The highest BCUT2D eigenvalue weighted by molar-refractivity contribution is 9.12. The molecular formula is C21H23Br2ClN2O4. The number of hydrogen-bond acceptors (Lipinski definition) is 4. The van der Waals surface area contributed by atoms with Crippen molar-refractivity contribution in [1.82, 2.24) is 4.90 Å². The Morgan fingerprint density at radius 1 is 1.10 bits per heavy atom. The normalized spacial score (nSPS) is 32.0. The van der Waals surface area contributed by atoms with E-state index in [2.05, 4.69) is 37.2 Å². The van der Waals surface area contributed by atoms with Gasteiger partial charge in [-0.3, -0.25) is 19.3 Å². The van der Waals surface area contributed by atoms with Crippen molar-refractivity contribution < 1.29 is 19.5 Å². The Balaban J connectivity index is 1.22. The Labute approximate surface area is 197 Å². The van der Waals surface area contributed by atoms with Crippen LogP contribution in [0.25, 0.3) is 0 Å². The summed E-state index contributed by atoms with van der Waals surface area (Å²) in [5, 5.41) is 12.8. The third kappa shape index (κ3) is 3.91. The van der Waals surface area contributed by atoms with Gasteiger partial charge in [0.1, 0.15) is 5.75 Å². The van der Waals surface area contributed by atoms with Crippen molar-refractivity contribution in [3.8, 4) is 5.75 Å². The van der Waals surface area contributed by atoms with Crippen molar-refractivity contribution in [3.63, 3.8) is 0 Å². The molecule has 3 fully saturated rings. The van der Waals surface area contributed by atoms with Crippen molar-refractivity contribution in [2.24, 2.45) is 23.7 Å². The number of unbranched alkanes of at least 4 members (excludes halogenated alkanes) is 2. The van der Waals surface area contributed by atoms with E-state index in [9.17, 15) is 19.5 Å². The number of imide groups is 1. The molecule has 1 saturated heterocycles. The Kier molecular flexibility index (Phi) is 6.47. The predicted molar refractivity (Wildman–Crippen MR) is 121 cm³/mol. The summed E-state index contributed by atoms with van der Waals surface area (Å²) in [5.74, 6) is -0.150. The molecule has 1 aromatic carbocycles. The van der Waals surface area contributed by atoms with Crippen LogP contribution in [-0.2, 0) is 14.4 Å². The van der Waals surface area contributed by atoms with Crippen LogP contribution in [0.15, 0.2) is 18.2 Å². The SMILES string of the molecule is O=C(CCCCCN1C(=O)[C@@H]2[C@H]3C[C@@H]([C@H](Br)[C@H]3Br)[C@H]2C1=O)Nc1cc(Cl)ccc1O. The zero-order valence-electron chi connectivity index (χ0n) is 16.2. The highest BCUT2D eigenvalue weighted by Crippen LogP contribution is 2.60. The summed E-state index contributed by atoms with van der Waals surface area (Å²) < 4.78 is 0. The number of amides is 3. The van der Waals surface area contributed by atoms with E-state index in [0.29, 0.717) is 30.8 Å². The number of fused-ring (bicyclic) bond motifs is 5. The molecule has 162 valence electrons. The zero-order chi connectivity index (χ0) is 21.6. The smallest absolute Gasteiger partial charge is 0.233 e. The van der Waals surface area contributed by atoms with E-state index in [1.165, 1.54) is 17.0 Å². The van der Waals surface area contributed by atoms with Crippen LogP contribution in [0.4, 0.5) is 5.69 Å². The van der Waals surface area contributed by atoms with Gasteiger partial charge in [0.2, 0.25) is 17.7 Å². The van der Waals surface area contributed by atoms with Crippen molar-refractivity contribution in [3.05, 3.63) is 23.2 Å². The maximum Gasteiger partial charge on any atom is 0.233 e. The van der Waals surface area contributed by atoms with Crippen LogP contribution in [0.5, 0.6) is 5.75 Å². The summed E-state index contributed by atoms with van der Waals surface area (Å²) in [6.07, 6.45) is 3.27. The molecular weight excluding hydrogens is 540 g/mol. The van der Waals surface area contributed by atoms with Crippen LogP contribution in [0.2, 0.25) is 5.02 Å². The van der Waals surface area contributed by atoms with Crippen molar-refractivity contribution in [2.75, 3.05) is 11.9 Å². The number of likely N-dealkylation sites (tertiary alicyclic amines) is 1. The molecule has 4 rings (SSSR count). The zero-order valence-corrected chi connectivity index (χ0v) is 20.1. The number of hydrogen-bond donors (Lipinski definition) is 2. The number of nitrogens with zero attached hydrogens (tertiary/aromatic N) is 1. The number of halogens is 3. The standard InChI is InChI=1S/C21H23Br2ClN2O4/c22-18-11-9-12(19(18)23)17-16(11)20(29)26(21(17)30)7-3-1-2-4-15(28)25-13-8-10(24)5-6-14(13)27/h5-6,8,11-12,16-19,27H,1-4,7,9H2,(H,25,28)/t11-,12-,16-,17-,18+,19+/m1/s1. The lowest BCUT2D eigenvalue weighted by Crippen LogP contribution is -2.37. The molecule has 2 saturated carbocycles. The minimum atomic E-state index is -0.210. The number of rotatable bonds is 7. The molecule has 1 aliphatic heterocycles. The quantitative estimate of drug-likeness (QED) is 0.224. The molecule has 30 heavy (non-hydrogen) atoms. The number of alkyl halides is 2. The fourth-order valence-corrected chi connectivity index (χ4v) is 7.23. The molecule has 0 aromatic heterocycles. The summed E-state index contributed by atoms with van der Waals surface area (Å²) >= 11 is 13.3. The van der Waals surface area contributed by atoms with Crippen LogP contribution in [0.1, 0.15) is 32.1 Å². The third-order valence-corrected chi connectivity index (χ3v) is 10.0. The van der Waals surface area contributed by atoms with Gasteiger partial charge in [-0.1, -0.05) is 49.9 Å². The minimum absolute atomic E-state index is 0.0180. The van der Waals surface area contributed by atoms with E-state index in [-0.39, 0.29) is 62.5 Å². The number of carbonyl (C=O) groups is 3. The average Bonchev–Trinajstić information content (AvgIpc) is 3.30. The fourth-order valence-electron chi connectivity index (χ4n) is 5.18. The van der Waals surface area contributed by atoms with Gasteiger partial charge in [0.25, 0.3) is 0 Å². The Hall–Kier alpha value is -1.12. The second-order valence-corrected chi connectivity index (χ2v) is 10.9. The number of anilines is 1. The van der Waals surface area contributed by atoms with Gasteiger partial charge in [-0.2, -0.15) is 0 Å². The Morgan fingerprint density at radius 3 is 2.37 bits per heavy atom. The second-order valence-electron chi connectivity index (χ2n) is 8.35. The maximum atomic E-state index is 12.8. The van der Waals surface area contributed by atoms with Gasteiger partial charge >= 0.3 is 0 Å². The highest BCUT2D eigenvalue weighted by atomic mass is 79.9. The summed E-state index contributed by atoms with van der Waals surface area (Å²) in [6.45, 7) is 0.417. The number of benzene rings is 1. The van der Waals surface area contributed by atoms with Gasteiger partial charge in [0.05, 0.1) is 17.5 Å². The first-order chi connectivity index (χ1) is 14.3. The number of aromatic hydroxyl groups is 1. The second kappa shape index (κ2) is 8.79. The molecule has 2 bridgehead atoms. The molecule has 3 amide bonds. The van der Waals surface area contributed by atoms with E-state index >= 15 is 0 Å². The van der Waals surface area contributed by atoms with E-state index < -0.39 is 0 Å². The molecule has 2 N–H and O–H groups in total. The number of carbonyl (C=O) groups excluding carboxylic acids is 3. The minimum Gasteiger partial charge on any atom is -0.506 e. The molecule has 0 unspecified atom stereocenters. The van der Waals surface area contributed by atoms with Gasteiger partial charge < -0.3 is 10.4 Å². The van der Waals surface area contributed by atoms with Crippen molar-refractivity contribution >= 4 is 66.9 Å². The molecule has 1 heterocycles. The lowest BCUT2D eigenvalue weighted by atomic mass is 9.81. The molecule has 6 nitrogen and oxygen atoms in total. The highest BCUT2D eigenvalue weighted by Gasteiger charge is 2.66. The topological polar surface area (TPSA) is 86.7 Å². The summed E-state index contributed by atoms with van der Waals surface area (Å²) in [5.41, 5.74) is 0.289. The number of nitrogens with one attached hydrogen (secondary N) is 1. The maximum absolute atomic E-state index is 12.8. The van der Waals surface area contributed by atoms with Gasteiger partial charge in [-0.15, -0.1) is 0 Å². The monoisotopic (exact) mass is 560 g/mol. The Morgan fingerprint density at radius 2 is 1.73 bits per heavy atom. The summed E-state index contributed by atoms with van der Waals surface area (Å²) in [7, 11) is 0. The largest absolute Gasteiger partial charge is 0.506 e. The van der Waals surface area contributed by atoms with Crippen LogP contribution in [0, 0.1) is 23.7 Å². The molecule has 1 aromatic rings. The van der Waals surface area contributed by atoms with Gasteiger partial charge in [0.15, 0.2) is 0 Å². The molecule has 0 spiro atoms. The summed E-state index contributed by atoms with van der Waals surface area (Å²) in [6, 6.07) is 4.47. The van der Waals surface area contributed by atoms with Crippen LogP contribution in [-0.4, -0.2) is 43.9 Å². The molecule has 0 radical (unpaired) electrons. The fraction of sp³-hybridized carbons (Fsp3) is 0.571. The first-order valence-electron chi connectivity index (χ1n) is 10.2. The van der Waals surface area contributed by atoms with Crippen LogP contribution in [0.3, 0.4) is 0 Å². The Bertz CT molecular complexity index is 851. The lowest BCUT2D eigenvalue weighted by Gasteiger charge is -2.28. The molecule has 2 aliphatic carbocycles. The van der Waals surface area contributed by atoms with Gasteiger partial charge in [-0.05, 0) is 49.3 Å². The van der Waals surface area contributed by atoms with Gasteiger partial charge in [0, 0.05) is 27.6 Å².